The summed E-state index contributed by atoms with van der Waals surface area (Å²) in [7, 11) is 0. The molecule has 1 aromatic carbocycles. The fourth-order valence-electron chi connectivity index (χ4n) is 2.48. The highest BCUT2D eigenvalue weighted by Crippen LogP contribution is 2.42. The monoisotopic (exact) mass is 236 g/mol. The molecule has 1 aliphatic carbocycles. The van der Waals surface area contributed by atoms with Crippen molar-refractivity contribution >= 4 is 16.9 Å². The van der Waals surface area contributed by atoms with Gasteiger partial charge in [0.05, 0.1) is 5.52 Å². The van der Waals surface area contributed by atoms with Crippen molar-refractivity contribution < 1.29 is 9.90 Å². The van der Waals surface area contributed by atoms with Crippen LogP contribution in [0.25, 0.3) is 22.2 Å². The summed E-state index contributed by atoms with van der Waals surface area (Å²) < 4.78 is 0. The third kappa shape index (κ3) is 1.12. The number of aromatic carboxylic acids is 1. The molecular weight excluding hydrogens is 228 g/mol. The first-order chi connectivity index (χ1) is 8.75. The van der Waals surface area contributed by atoms with Gasteiger partial charge in [-0.15, -0.1) is 0 Å². The molecule has 18 heavy (non-hydrogen) atoms. The largest absolute Gasteiger partial charge is 0.476 e. The van der Waals surface area contributed by atoms with Crippen LogP contribution in [0.3, 0.4) is 0 Å². The second kappa shape index (κ2) is 3.04. The zero-order valence-electron chi connectivity index (χ0n) is 9.34. The van der Waals surface area contributed by atoms with Crippen molar-refractivity contribution in [2.75, 3.05) is 0 Å². The van der Waals surface area contributed by atoms with Gasteiger partial charge in [-0.3, -0.25) is 0 Å². The van der Waals surface area contributed by atoms with Crippen LogP contribution in [0.1, 0.15) is 21.6 Å². The zero-order valence-corrected chi connectivity index (χ0v) is 9.34. The Labute approximate surface area is 102 Å². The van der Waals surface area contributed by atoms with E-state index < -0.39 is 5.97 Å². The van der Waals surface area contributed by atoms with Gasteiger partial charge in [0.25, 0.3) is 0 Å². The Morgan fingerprint density at radius 2 is 2.17 bits per heavy atom. The number of carboxylic acid groups (broad SMARTS) is 1. The molecule has 2 aliphatic heterocycles. The first-order valence-electron chi connectivity index (χ1n) is 5.68. The average Bonchev–Trinajstić information content (AvgIpc) is 3.08. The van der Waals surface area contributed by atoms with Gasteiger partial charge in [-0.1, -0.05) is 12.1 Å². The number of nitrogens with zero attached hydrogens (tertiary/aromatic N) is 2. The summed E-state index contributed by atoms with van der Waals surface area (Å²) >= 11 is 0. The minimum Gasteiger partial charge on any atom is -0.476 e. The highest BCUT2D eigenvalue weighted by Gasteiger charge is 2.27. The van der Waals surface area contributed by atoms with Crippen molar-refractivity contribution in [2.24, 2.45) is 0 Å². The summed E-state index contributed by atoms with van der Waals surface area (Å²) in [6.07, 6.45) is 2.48. The van der Waals surface area contributed by atoms with Crippen LogP contribution in [-0.4, -0.2) is 21.0 Å². The number of hydrogen-bond donors (Lipinski definition) is 1. The van der Waals surface area contributed by atoms with Gasteiger partial charge in [0.15, 0.2) is 5.69 Å². The minimum atomic E-state index is -1.04. The molecule has 0 aromatic heterocycles. The molecule has 4 heteroatoms. The second-order valence-corrected chi connectivity index (χ2v) is 4.44. The van der Waals surface area contributed by atoms with Gasteiger partial charge < -0.3 is 5.11 Å². The van der Waals surface area contributed by atoms with Crippen LogP contribution in [0.4, 0.5) is 0 Å². The maximum absolute atomic E-state index is 11.2. The molecule has 0 saturated heterocycles. The first-order valence-corrected chi connectivity index (χ1v) is 5.68. The molecular formula is C14H8N2O2. The molecule has 0 unspecified atom stereocenters. The Bertz CT molecular complexity index is 795. The van der Waals surface area contributed by atoms with Crippen LogP contribution in [0, 0.1) is 0 Å². The molecule has 4 rings (SSSR count). The summed E-state index contributed by atoms with van der Waals surface area (Å²) in [6.45, 7) is 0. The molecule has 0 fully saturated rings. The van der Waals surface area contributed by atoms with Crippen LogP contribution in [0.2, 0.25) is 0 Å². The van der Waals surface area contributed by atoms with E-state index in [0.717, 1.165) is 22.9 Å². The van der Waals surface area contributed by atoms with Crippen LogP contribution in [0.5, 0.6) is 0 Å². The van der Waals surface area contributed by atoms with E-state index in [1.807, 2.05) is 12.1 Å². The lowest BCUT2D eigenvalue weighted by Crippen LogP contribution is -2.00. The predicted molar refractivity (Wildman–Crippen MR) is 65.9 cm³/mol. The van der Waals surface area contributed by atoms with Gasteiger partial charge >= 0.3 is 5.97 Å². The van der Waals surface area contributed by atoms with E-state index in [2.05, 4.69) is 16.0 Å². The maximum atomic E-state index is 11.2. The Kier molecular flexibility index (Phi) is 1.61. The summed E-state index contributed by atoms with van der Waals surface area (Å²) in [5.74, 6) is -1.04. The van der Waals surface area contributed by atoms with E-state index in [1.165, 1.54) is 17.3 Å². The van der Waals surface area contributed by atoms with Crippen LogP contribution in [0.15, 0.2) is 30.5 Å². The van der Waals surface area contributed by atoms with Crippen LogP contribution < -0.4 is 0 Å². The van der Waals surface area contributed by atoms with E-state index in [9.17, 15) is 9.90 Å². The normalized spacial score (nSPS) is 12.7. The lowest BCUT2D eigenvalue weighted by Gasteiger charge is -1.94. The number of aromatic nitrogens is 2. The van der Waals surface area contributed by atoms with E-state index in [-0.39, 0.29) is 5.69 Å². The van der Waals surface area contributed by atoms with Crippen molar-refractivity contribution in [3.63, 3.8) is 0 Å². The molecule has 0 saturated carbocycles. The summed E-state index contributed by atoms with van der Waals surface area (Å²) in [4.78, 5) is 19.6. The Balaban J connectivity index is 2.19. The van der Waals surface area contributed by atoms with Gasteiger partial charge in [-0.25, -0.2) is 14.8 Å². The zero-order chi connectivity index (χ0) is 12.3. The van der Waals surface area contributed by atoms with Gasteiger partial charge in [0, 0.05) is 17.1 Å². The maximum Gasteiger partial charge on any atom is 0.356 e. The molecule has 4 nitrogen and oxygen atoms in total. The quantitative estimate of drug-likeness (QED) is 0.551. The molecule has 1 N–H and O–H groups in total. The van der Waals surface area contributed by atoms with Crippen molar-refractivity contribution in [1.29, 1.82) is 0 Å². The smallest absolute Gasteiger partial charge is 0.356 e. The molecule has 2 heterocycles. The number of hydrogen-bond acceptors (Lipinski definition) is 3. The molecule has 86 valence electrons. The molecule has 0 atom stereocenters. The molecule has 0 spiro atoms. The summed E-state index contributed by atoms with van der Waals surface area (Å²) in [6, 6.07) is 7.66. The molecule has 0 amide bonds. The van der Waals surface area contributed by atoms with E-state index in [1.54, 1.807) is 6.07 Å². The lowest BCUT2D eigenvalue weighted by atomic mass is 10.1. The fourth-order valence-corrected chi connectivity index (χ4v) is 2.48. The Hall–Kier alpha value is -2.49. The number of carboxylic acids is 1. The SMILES string of the molecule is O=C(O)c1ncccc2c3c4c(ccc3nc1-2)C4. The van der Waals surface area contributed by atoms with Crippen LogP contribution in [-0.2, 0) is 6.42 Å². The van der Waals surface area contributed by atoms with Gasteiger partial charge in [-0.05, 0) is 29.7 Å². The minimum absolute atomic E-state index is 0.0144. The highest BCUT2D eigenvalue weighted by atomic mass is 16.4. The van der Waals surface area contributed by atoms with Gasteiger partial charge in [-0.2, -0.15) is 0 Å². The first kappa shape index (κ1) is 9.53. The third-order valence-electron chi connectivity index (χ3n) is 3.37. The van der Waals surface area contributed by atoms with E-state index in [0.29, 0.717) is 5.69 Å². The number of benzene rings is 1. The topological polar surface area (TPSA) is 63.1 Å². The van der Waals surface area contributed by atoms with E-state index >= 15 is 0 Å². The number of fused-ring (bicyclic) bond motifs is 5. The molecule has 0 radical (unpaired) electrons. The molecule has 1 aromatic rings. The summed E-state index contributed by atoms with van der Waals surface area (Å²) in [5, 5.41) is 10.3. The van der Waals surface area contributed by atoms with E-state index in [4.69, 9.17) is 0 Å². The van der Waals surface area contributed by atoms with Gasteiger partial charge in [0.2, 0.25) is 0 Å². The average molecular weight is 236 g/mol. The highest BCUT2D eigenvalue weighted by molar-refractivity contribution is 6.06. The number of rotatable bonds is 1. The fraction of sp³-hybridized carbons (Fsp3) is 0.0714. The second-order valence-electron chi connectivity index (χ2n) is 4.44. The van der Waals surface area contributed by atoms with Crippen molar-refractivity contribution in [3.8, 4) is 11.3 Å². The van der Waals surface area contributed by atoms with Crippen LogP contribution >= 0.6 is 0 Å². The standard InChI is InChI=1S/C14H8N2O2/c17-14(18)13-12-8(2-1-5-15-13)11-9-6-7(9)3-4-10(11)16-12/h1-5H,6H2,(H,17,18). The lowest BCUT2D eigenvalue weighted by molar-refractivity contribution is 0.0691. The van der Waals surface area contributed by atoms with Crippen molar-refractivity contribution in [3.05, 3.63) is 47.3 Å². The Morgan fingerprint density at radius 3 is 3.00 bits per heavy atom. The third-order valence-corrected chi connectivity index (χ3v) is 3.37. The van der Waals surface area contributed by atoms with Crippen molar-refractivity contribution in [1.82, 2.24) is 9.97 Å². The Morgan fingerprint density at radius 1 is 1.28 bits per heavy atom. The predicted octanol–water partition coefficient (Wildman–Crippen LogP) is 2.34. The summed E-state index contributed by atoms with van der Waals surface area (Å²) in [5.41, 5.74) is 4.85. The van der Waals surface area contributed by atoms with Crippen molar-refractivity contribution in [2.45, 2.75) is 6.42 Å². The molecule has 3 aliphatic rings. The number of carbonyl (C=O) groups is 1. The van der Waals surface area contributed by atoms with Gasteiger partial charge in [0.1, 0.15) is 5.69 Å². The molecule has 0 bridgehead atoms.